The van der Waals surface area contributed by atoms with Gasteiger partial charge in [-0.1, -0.05) is 43.8 Å². The Bertz CT molecular complexity index is 831. The first-order valence-corrected chi connectivity index (χ1v) is 9.83. The molecule has 0 bridgehead atoms. The summed E-state index contributed by atoms with van der Waals surface area (Å²) < 4.78 is 0. The van der Waals surface area contributed by atoms with Crippen molar-refractivity contribution in [2.45, 2.75) is 43.0 Å². The van der Waals surface area contributed by atoms with E-state index in [-0.39, 0.29) is 23.0 Å². The number of pyridine rings is 1. The van der Waals surface area contributed by atoms with Gasteiger partial charge in [0.1, 0.15) is 0 Å². The van der Waals surface area contributed by atoms with Crippen LogP contribution in [0.4, 0.5) is 0 Å². The fourth-order valence-corrected chi connectivity index (χ4v) is 3.93. The van der Waals surface area contributed by atoms with Crippen molar-refractivity contribution in [1.82, 2.24) is 15.2 Å². The Balaban J connectivity index is 1.97. The molecule has 1 aliphatic rings. The quantitative estimate of drug-likeness (QED) is 0.791. The van der Waals surface area contributed by atoms with E-state index in [1.165, 1.54) is 11.8 Å². The van der Waals surface area contributed by atoms with Crippen LogP contribution in [0.5, 0.6) is 0 Å². The van der Waals surface area contributed by atoms with Crippen LogP contribution in [-0.2, 0) is 4.79 Å². The van der Waals surface area contributed by atoms with Gasteiger partial charge in [0.2, 0.25) is 5.91 Å². The van der Waals surface area contributed by atoms with Gasteiger partial charge in [0.25, 0.3) is 5.91 Å². The second-order valence-corrected chi connectivity index (χ2v) is 8.45. The number of benzene rings is 1. The molecule has 26 heavy (non-hydrogen) atoms. The van der Waals surface area contributed by atoms with Crippen LogP contribution in [0.2, 0.25) is 0 Å². The van der Waals surface area contributed by atoms with Crippen molar-refractivity contribution in [3.05, 3.63) is 35.9 Å². The van der Waals surface area contributed by atoms with Gasteiger partial charge >= 0.3 is 0 Å². The highest BCUT2D eigenvalue weighted by Gasteiger charge is 2.28. The van der Waals surface area contributed by atoms with Gasteiger partial charge in [-0.2, -0.15) is 0 Å². The number of nitrogens with zero attached hydrogens (tertiary/aromatic N) is 2. The fourth-order valence-electron chi connectivity index (χ4n) is 2.75. The average molecular weight is 372 g/mol. The van der Waals surface area contributed by atoms with E-state index in [0.717, 1.165) is 23.7 Å². The van der Waals surface area contributed by atoms with Gasteiger partial charge in [0.05, 0.1) is 21.4 Å². The number of amides is 2. The molecule has 0 radical (unpaired) electrons. The Hall–Kier alpha value is -2.08. The zero-order valence-electron chi connectivity index (χ0n) is 15.7. The lowest BCUT2D eigenvalue weighted by atomic mass is 10.1. The highest BCUT2D eigenvalue weighted by atomic mass is 32.2. The molecule has 0 aliphatic heterocycles. The van der Waals surface area contributed by atoms with E-state index in [9.17, 15) is 9.59 Å². The minimum absolute atomic E-state index is 0.0592. The van der Waals surface area contributed by atoms with Crippen LogP contribution in [0.15, 0.2) is 35.4 Å². The predicted octanol–water partition coefficient (Wildman–Crippen LogP) is 3.33. The normalized spacial score (nSPS) is 15.1. The molecule has 1 unspecified atom stereocenters. The summed E-state index contributed by atoms with van der Waals surface area (Å²) in [6.45, 7) is 4.06. The Morgan fingerprint density at radius 1 is 1.23 bits per heavy atom. The van der Waals surface area contributed by atoms with Gasteiger partial charge in [0.15, 0.2) is 0 Å². The number of carbonyl (C=O) groups is 2. The summed E-state index contributed by atoms with van der Waals surface area (Å²) in [7, 11) is 3.53. The Morgan fingerprint density at radius 3 is 2.54 bits per heavy atom. The molecule has 0 saturated heterocycles. The summed E-state index contributed by atoms with van der Waals surface area (Å²) in [6, 6.07) is 9.77. The number of hydrogen-bond acceptors (Lipinski definition) is 4. The number of thioether (sulfide) groups is 1. The average Bonchev–Trinajstić information content (AvgIpc) is 3.41. The third kappa shape index (κ3) is 4.18. The molecule has 1 aliphatic carbocycles. The van der Waals surface area contributed by atoms with Gasteiger partial charge in [-0.05, 0) is 30.9 Å². The lowest BCUT2D eigenvalue weighted by Crippen LogP contribution is -2.35. The molecule has 0 spiro atoms. The summed E-state index contributed by atoms with van der Waals surface area (Å²) in [5.41, 5.74) is 1.41. The first kappa shape index (κ1) is 18.7. The number of aromatic nitrogens is 1. The minimum Gasteiger partial charge on any atom is -0.349 e. The number of nitrogens with one attached hydrogen (secondary N) is 1. The molecule has 6 heteroatoms. The summed E-state index contributed by atoms with van der Waals surface area (Å²) in [5.74, 6) is 0.156. The molecular formula is C20H25N3O2S. The number of para-hydroxylation sites is 1. The van der Waals surface area contributed by atoms with E-state index in [0.29, 0.717) is 16.6 Å². The van der Waals surface area contributed by atoms with Crippen LogP contribution < -0.4 is 5.32 Å². The minimum atomic E-state index is -0.238. The van der Waals surface area contributed by atoms with Gasteiger partial charge in [0, 0.05) is 25.5 Å². The van der Waals surface area contributed by atoms with Gasteiger partial charge in [-0.25, -0.2) is 4.98 Å². The van der Waals surface area contributed by atoms with Crippen molar-refractivity contribution in [2.24, 2.45) is 5.92 Å². The van der Waals surface area contributed by atoms with E-state index < -0.39 is 0 Å². The molecule has 1 heterocycles. The highest BCUT2D eigenvalue weighted by molar-refractivity contribution is 8.00. The first-order valence-electron chi connectivity index (χ1n) is 8.95. The van der Waals surface area contributed by atoms with Crippen LogP contribution in [0.1, 0.15) is 37.0 Å². The second-order valence-electron chi connectivity index (χ2n) is 7.29. The summed E-state index contributed by atoms with van der Waals surface area (Å²) in [6.07, 6.45) is 2.09. The third-order valence-corrected chi connectivity index (χ3v) is 5.84. The van der Waals surface area contributed by atoms with Crippen molar-refractivity contribution in [1.29, 1.82) is 0 Å². The maximum Gasteiger partial charge on any atom is 0.252 e. The van der Waals surface area contributed by atoms with E-state index >= 15 is 0 Å². The van der Waals surface area contributed by atoms with Crippen molar-refractivity contribution in [3.63, 3.8) is 0 Å². The number of carbonyl (C=O) groups excluding carboxylic acids is 2. The zero-order valence-corrected chi connectivity index (χ0v) is 16.5. The van der Waals surface area contributed by atoms with Crippen LogP contribution in [0.3, 0.4) is 0 Å². The summed E-state index contributed by atoms with van der Waals surface area (Å²) in [5, 5.41) is 4.37. The van der Waals surface area contributed by atoms with Gasteiger partial charge < -0.3 is 10.2 Å². The van der Waals surface area contributed by atoms with E-state index in [1.54, 1.807) is 19.0 Å². The molecule has 138 valence electrons. The molecule has 1 atom stereocenters. The van der Waals surface area contributed by atoms with Crippen molar-refractivity contribution >= 4 is 34.5 Å². The predicted molar refractivity (Wildman–Crippen MR) is 105 cm³/mol. The number of fused-ring (bicyclic) bond motifs is 1. The third-order valence-electron chi connectivity index (χ3n) is 4.39. The second kappa shape index (κ2) is 7.66. The van der Waals surface area contributed by atoms with Gasteiger partial charge in [-0.3, -0.25) is 9.59 Å². The largest absolute Gasteiger partial charge is 0.349 e. The molecule has 1 N–H and O–H groups in total. The molecule has 2 aromatic rings. The highest BCUT2D eigenvalue weighted by Crippen LogP contribution is 2.31. The lowest BCUT2D eigenvalue weighted by Gasteiger charge is -2.23. The molecule has 1 fully saturated rings. The molecule has 1 aromatic heterocycles. The molecule has 1 saturated carbocycles. The SMILES string of the molecule is CC(C)C(Sc1cc(C(=O)NC2CC2)c2ccccc2n1)C(=O)N(C)C. The summed E-state index contributed by atoms with van der Waals surface area (Å²) >= 11 is 1.43. The standard InChI is InChI=1S/C20H25N3O2S/c1-12(2)18(20(25)23(3)4)26-17-11-15(19(24)21-13-9-10-13)14-7-5-6-8-16(14)22-17/h5-8,11-13,18H,9-10H2,1-4H3,(H,21,24). The molecule has 3 rings (SSSR count). The van der Waals surface area contributed by atoms with Crippen molar-refractivity contribution in [2.75, 3.05) is 14.1 Å². The van der Waals surface area contributed by atoms with Crippen molar-refractivity contribution in [3.8, 4) is 0 Å². The van der Waals surface area contributed by atoms with Crippen molar-refractivity contribution < 1.29 is 9.59 Å². The van der Waals surface area contributed by atoms with Crippen LogP contribution in [0, 0.1) is 5.92 Å². The van der Waals surface area contributed by atoms with E-state index in [1.807, 2.05) is 44.2 Å². The van der Waals surface area contributed by atoms with Crippen LogP contribution in [-0.4, -0.2) is 47.1 Å². The maximum absolute atomic E-state index is 12.7. The van der Waals surface area contributed by atoms with Crippen LogP contribution in [0.25, 0.3) is 10.9 Å². The topological polar surface area (TPSA) is 62.3 Å². The maximum atomic E-state index is 12.7. The Morgan fingerprint density at radius 2 is 1.92 bits per heavy atom. The Kier molecular flexibility index (Phi) is 5.51. The molecule has 5 nitrogen and oxygen atoms in total. The van der Waals surface area contributed by atoms with Crippen LogP contribution >= 0.6 is 11.8 Å². The first-order chi connectivity index (χ1) is 12.4. The number of rotatable bonds is 6. The molecule has 2 amide bonds. The smallest absolute Gasteiger partial charge is 0.252 e. The molecule has 1 aromatic carbocycles. The Labute approximate surface area is 158 Å². The zero-order chi connectivity index (χ0) is 18.8. The van der Waals surface area contributed by atoms with E-state index in [2.05, 4.69) is 10.3 Å². The number of hydrogen-bond donors (Lipinski definition) is 1. The molecular weight excluding hydrogens is 346 g/mol. The fraction of sp³-hybridized carbons (Fsp3) is 0.450. The summed E-state index contributed by atoms with van der Waals surface area (Å²) in [4.78, 5) is 31.5. The van der Waals surface area contributed by atoms with Gasteiger partial charge in [-0.15, -0.1) is 0 Å². The monoisotopic (exact) mass is 371 g/mol. The van der Waals surface area contributed by atoms with E-state index in [4.69, 9.17) is 0 Å². The lowest BCUT2D eigenvalue weighted by molar-refractivity contribution is -0.128.